The van der Waals surface area contributed by atoms with Crippen LogP contribution >= 0.6 is 0 Å². The molecule has 0 aliphatic carbocycles. The Labute approximate surface area is 155 Å². The van der Waals surface area contributed by atoms with Crippen LogP contribution < -0.4 is 5.32 Å². The molecule has 4 aromatic rings. The number of benzene rings is 1. The van der Waals surface area contributed by atoms with Gasteiger partial charge in [-0.05, 0) is 50.2 Å². The third-order valence-electron chi connectivity index (χ3n) is 4.33. The molecule has 1 aromatic carbocycles. The normalized spacial score (nSPS) is 12.3. The van der Waals surface area contributed by atoms with Crippen molar-refractivity contribution in [2.75, 3.05) is 0 Å². The van der Waals surface area contributed by atoms with Gasteiger partial charge in [-0.1, -0.05) is 0 Å². The predicted octanol–water partition coefficient (Wildman–Crippen LogP) is 3.66. The van der Waals surface area contributed by atoms with Crippen molar-refractivity contribution in [3.05, 3.63) is 77.9 Å². The highest BCUT2D eigenvalue weighted by atomic mass is 19.1. The Balaban J connectivity index is 1.57. The molecule has 0 unspecified atom stereocenters. The van der Waals surface area contributed by atoms with Crippen molar-refractivity contribution < 1.29 is 9.18 Å². The van der Waals surface area contributed by atoms with Gasteiger partial charge >= 0.3 is 0 Å². The SMILES string of the molecule is Cc1cnc([C@H](C)NC(=O)c2ccc3nc(-c4ccc(F)cc4)cn3c2)[nH]1. The van der Waals surface area contributed by atoms with E-state index in [4.69, 9.17) is 0 Å². The van der Waals surface area contributed by atoms with Crippen LogP contribution in [-0.4, -0.2) is 25.3 Å². The number of H-pyrrole nitrogens is 1. The average molecular weight is 363 g/mol. The van der Waals surface area contributed by atoms with E-state index < -0.39 is 0 Å². The first-order chi connectivity index (χ1) is 13.0. The van der Waals surface area contributed by atoms with Crippen molar-refractivity contribution >= 4 is 11.6 Å². The number of imidazole rings is 2. The van der Waals surface area contributed by atoms with Crippen LogP contribution in [0.3, 0.4) is 0 Å². The lowest BCUT2D eigenvalue weighted by atomic mass is 10.2. The van der Waals surface area contributed by atoms with Crippen LogP contribution in [0, 0.1) is 12.7 Å². The Morgan fingerprint density at radius 2 is 1.96 bits per heavy atom. The second kappa shape index (κ2) is 6.68. The molecule has 4 rings (SSSR count). The van der Waals surface area contributed by atoms with E-state index >= 15 is 0 Å². The quantitative estimate of drug-likeness (QED) is 0.581. The number of carbonyl (C=O) groups excluding carboxylic acids is 1. The van der Waals surface area contributed by atoms with Crippen molar-refractivity contribution in [3.8, 4) is 11.3 Å². The van der Waals surface area contributed by atoms with Crippen molar-refractivity contribution in [2.24, 2.45) is 0 Å². The highest BCUT2D eigenvalue weighted by Gasteiger charge is 2.15. The van der Waals surface area contributed by atoms with Crippen LogP contribution in [0.5, 0.6) is 0 Å². The number of pyridine rings is 1. The van der Waals surface area contributed by atoms with Crippen LogP contribution in [0.25, 0.3) is 16.9 Å². The number of amides is 1. The van der Waals surface area contributed by atoms with Gasteiger partial charge in [-0.25, -0.2) is 14.4 Å². The molecule has 0 saturated carbocycles. The third-order valence-corrected chi connectivity index (χ3v) is 4.33. The first-order valence-electron chi connectivity index (χ1n) is 8.56. The lowest BCUT2D eigenvalue weighted by Crippen LogP contribution is -2.27. The fourth-order valence-corrected chi connectivity index (χ4v) is 2.89. The first kappa shape index (κ1) is 17.0. The molecule has 0 aliphatic rings. The van der Waals surface area contributed by atoms with Crippen LogP contribution in [0.4, 0.5) is 4.39 Å². The smallest absolute Gasteiger partial charge is 0.253 e. The molecule has 136 valence electrons. The minimum absolute atomic E-state index is 0.199. The lowest BCUT2D eigenvalue weighted by Gasteiger charge is -2.11. The van der Waals surface area contributed by atoms with E-state index in [1.807, 2.05) is 20.0 Å². The molecule has 6 nitrogen and oxygen atoms in total. The fourth-order valence-electron chi connectivity index (χ4n) is 2.89. The molecule has 1 atom stereocenters. The Morgan fingerprint density at radius 3 is 2.67 bits per heavy atom. The summed E-state index contributed by atoms with van der Waals surface area (Å²) >= 11 is 0. The Kier molecular flexibility index (Phi) is 4.19. The van der Waals surface area contributed by atoms with Gasteiger partial charge in [-0.15, -0.1) is 0 Å². The summed E-state index contributed by atoms with van der Waals surface area (Å²) in [5, 5.41) is 2.93. The van der Waals surface area contributed by atoms with Gasteiger partial charge in [0.15, 0.2) is 0 Å². The number of halogens is 1. The molecule has 0 fully saturated rings. The number of aryl methyl sites for hydroxylation is 1. The number of rotatable bonds is 4. The van der Waals surface area contributed by atoms with E-state index in [-0.39, 0.29) is 17.8 Å². The average Bonchev–Trinajstić information content (AvgIpc) is 3.27. The molecule has 0 saturated heterocycles. The fraction of sp³-hybridized carbons (Fsp3) is 0.150. The number of hydrogen-bond acceptors (Lipinski definition) is 3. The van der Waals surface area contributed by atoms with Crippen LogP contribution in [-0.2, 0) is 0 Å². The molecule has 3 aromatic heterocycles. The highest BCUT2D eigenvalue weighted by Crippen LogP contribution is 2.20. The standard InChI is InChI=1S/C20H18FN5O/c1-12-9-22-19(23-12)13(2)24-20(27)15-5-8-18-25-17(11-26(18)10-15)14-3-6-16(21)7-4-14/h3-11,13H,1-2H3,(H,22,23)(H,24,27)/t13-/m0/s1. The van der Waals surface area contributed by atoms with Gasteiger partial charge in [0.2, 0.25) is 0 Å². The van der Waals surface area contributed by atoms with Gasteiger partial charge < -0.3 is 14.7 Å². The lowest BCUT2D eigenvalue weighted by molar-refractivity contribution is 0.0938. The molecule has 2 N–H and O–H groups in total. The van der Waals surface area contributed by atoms with E-state index in [0.717, 1.165) is 11.3 Å². The summed E-state index contributed by atoms with van der Waals surface area (Å²) in [6.45, 7) is 3.79. The number of hydrogen-bond donors (Lipinski definition) is 2. The van der Waals surface area contributed by atoms with E-state index in [1.54, 1.807) is 41.1 Å². The number of aromatic nitrogens is 4. The monoisotopic (exact) mass is 363 g/mol. The van der Waals surface area contributed by atoms with E-state index in [0.29, 0.717) is 22.7 Å². The van der Waals surface area contributed by atoms with Crippen molar-refractivity contribution in [1.29, 1.82) is 0 Å². The van der Waals surface area contributed by atoms with Gasteiger partial charge in [-0.3, -0.25) is 4.79 Å². The number of fused-ring (bicyclic) bond motifs is 1. The van der Waals surface area contributed by atoms with E-state index in [9.17, 15) is 9.18 Å². The minimum Gasteiger partial charge on any atom is -0.344 e. The second-order valence-corrected chi connectivity index (χ2v) is 6.46. The van der Waals surface area contributed by atoms with Gasteiger partial charge in [0.25, 0.3) is 5.91 Å². The van der Waals surface area contributed by atoms with Gasteiger partial charge in [0.05, 0.1) is 17.3 Å². The Hall–Kier alpha value is -3.48. The molecule has 1 amide bonds. The van der Waals surface area contributed by atoms with Crippen molar-refractivity contribution in [3.63, 3.8) is 0 Å². The topological polar surface area (TPSA) is 75.1 Å². The van der Waals surface area contributed by atoms with E-state index in [2.05, 4.69) is 20.3 Å². The molecule has 0 aliphatic heterocycles. The molecular formula is C20H18FN5O. The summed E-state index contributed by atoms with van der Waals surface area (Å²) in [5.74, 6) is 0.223. The zero-order valence-electron chi connectivity index (χ0n) is 14.9. The van der Waals surface area contributed by atoms with E-state index in [1.165, 1.54) is 12.1 Å². The van der Waals surface area contributed by atoms with Gasteiger partial charge in [0, 0.05) is 29.8 Å². The molecule has 27 heavy (non-hydrogen) atoms. The molecule has 0 spiro atoms. The summed E-state index contributed by atoms with van der Waals surface area (Å²) in [4.78, 5) is 24.4. The number of aromatic amines is 1. The first-order valence-corrected chi connectivity index (χ1v) is 8.56. The molecule has 0 bridgehead atoms. The number of nitrogens with zero attached hydrogens (tertiary/aromatic N) is 3. The summed E-state index contributed by atoms with van der Waals surface area (Å²) in [6, 6.07) is 9.43. The van der Waals surface area contributed by atoms with Crippen LogP contribution in [0.1, 0.15) is 34.8 Å². The maximum Gasteiger partial charge on any atom is 0.253 e. The summed E-state index contributed by atoms with van der Waals surface area (Å²) in [6.07, 6.45) is 5.27. The van der Waals surface area contributed by atoms with Gasteiger partial charge in [-0.2, -0.15) is 0 Å². The zero-order valence-corrected chi connectivity index (χ0v) is 14.9. The van der Waals surface area contributed by atoms with Crippen molar-refractivity contribution in [2.45, 2.75) is 19.9 Å². The molecule has 3 heterocycles. The minimum atomic E-state index is -0.289. The van der Waals surface area contributed by atoms with Crippen LogP contribution in [0.15, 0.2) is 55.0 Å². The zero-order chi connectivity index (χ0) is 19.0. The largest absolute Gasteiger partial charge is 0.344 e. The van der Waals surface area contributed by atoms with Crippen molar-refractivity contribution in [1.82, 2.24) is 24.7 Å². The predicted molar refractivity (Wildman–Crippen MR) is 99.8 cm³/mol. The summed E-state index contributed by atoms with van der Waals surface area (Å²) in [7, 11) is 0. The molecule has 0 radical (unpaired) electrons. The number of nitrogens with one attached hydrogen (secondary N) is 2. The van der Waals surface area contributed by atoms with Crippen LogP contribution in [0.2, 0.25) is 0 Å². The summed E-state index contributed by atoms with van der Waals surface area (Å²) in [5.41, 5.74) is 3.69. The summed E-state index contributed by atoms with van der Waals surface area (Å²) < 4.78 is 14.9. The number of carbonyl (C=O) groups is 1. The Morgan fingerprint density at radius 1 is 1.19 bits per heavy atom. The molecular weight excluding hydrogens is 345 g/mol. The van der Waals surface area contributed by atoms with Gasteiger partial charge in [0.1, 0.15) is 17.3 Å². The molecule has 7 heteroatoms. The Bertz CT molecular complexity index is 1110. The second-order valence-electron chi connectivity index (χ2n) is 6.46. The maximum atomic E-state index is 13.1. The third kappa shape index (κ3) is 3.44. The maximum absolute atomic E-state index is 13.1. The highest BCUT2D eigenvalue weighted by molar-refractivity contribution is 5.94.